The summed E-state index contributed by atoms with van der Waals surface area (Å²) in [4.78, 5) is 6.09. The van der Waals surface area contributed by atoms with E-state index in [4.69, 9.17) is 16.3 Å². The van der Waals surface area contributed by atoms with Crippen LogP contribution in [0.15, 0.2) is 12.3 Å². The van der Waals surface area contributed by atoms with Gasteiger partial charge in [-0.25, -0.2) is 4.98 Å². The van der Waals surface area contributed by atoms with Crippen molar-refractivity contribution in [2.75, 3.05) is 23.7 Å². The van der Waals surface area contributed by atoms with Crippen LogP contribution in [0.4, 0.5) is 11.5 Å². The summed E-state index contributed by atoms with van der Waals surface area (Å²) in [7, 11) is 0. The summed E-state index contributed by atoms with van der Waals surface area (Å²) >= 11 is 0. The molecule has 17 heavy (non-hydrogen) atoms. The van der Waals surface area contributed by atoms with Crippen LogP contribution in [-0.2, 0) is 0 Å². The highest BCUT2D eigenvalue weighted by atomic mass is 15.2. The Morgan fingerprint density at radius 3 is 2.76 bits per heavy atom. The maximum atomic E-state index is 9.04. The quantitative estimate of drug-likeness (QED) is 0.845. The maximum Gasteiger partial charge on any atom is 0.146 e. The fraction of sp³-hybridized carbons (Fsp3) is 0.417. The van der Waals surface area contributed by atoms with Crippen LogP contribution in [0.5, 0.6) is 0 Å². The number of hydrogen-bond donors (Lipinski definition) is 1. The zero-order valence-corrected chi connectivity index (χ0v) is 10.0. The van der Waals surface area contributed by atoms with Crippen LogP contribution in [0.3, 0.4) is 0 Å². The number of hydrogen-bond acceptors (Lipinski definition) is 5. The monoisotopic (exact) mass is 229 g/mol. The Morgan fingerprint density at radius 2 is 2.24 bits per heavy atom. The lowest BCUT2D eigenvalue weighted by atomic mass is 10.1. The standard InChI is InChI=1S/C12H15N5/c1-3-17(8-9(2)5-13)12-10(6-14)4-11(15)7-16-12/h4,7,9H,3,8,15H2,1-2H3. The van der Waals surface area contributed by atoms with Crippen molar-refractivity contribution < 1.29 is 0 Å². The smallest absolute Gasteiger partial charge is 0.146 e. The summed E-state index contributed by atoms with van der Waals surface area (Å²) in [5.74, 6) is 0.479. The molecule has 2 N–H and O–H groups in total. The topological polar surface area (TPSA) is 89.7 Å². The first-order valence-electron chi connectivity index (χ1n) is 5.42. The average molecular weight is 229 g/mol. The molecular weight excluding hydrogens is 214 g/mol. The molecule has 1 rings (SSSR count). The van der Waals surface area contributed by atoms with Gasteiger partial charge >= 0.3 is 0 Å². The van der Waals surface area contributed by atoms with Gasteiger partial charge in [0.2, 0.25) is 0 Å². The highest BCUT2D eigenvalue weighted by Gasteiger charge is 2.14. The number of nitriles is 2. The van der Waals surface area contributed by atoms with Crippen LogP contribution in [0, 0.1) is 28.6 Å². The van der Waals surface area contributed by atoms with Crippen molar-refractivity contribution in [2.24, 2.45) is 5.92 Å². The van der Waals surface area contributed by atoms with Gasteiger partial charge in [0.1, 0.15) is 11.9 Å². The predicted octanol–water partition coefficient (Wildman–Crippen LogP) is 1.52. The van der Waals surface area contributed by atoms with E-state index in [0.29, 0.717) is 30.2 Å². The van der Waals surface area contributed by atoms with Crippen LogP contribution < -0.4 is 10.6 Å². The molecule has 0 aromatic carbocycles. The van der Waals surface area contributed by atoms with Crippen molar-refractivity contribution in [3.63, 3.8) is 0 Å². The number of nitrogens with zero attached hydrogens (tertiary/aromatic N) is 4. The Hall–Kier alpha value is -2.27. The lowest BCUT2D eigenvalue weighted by Gasteiger charge is -2.23. The summed E-state index contributed by atoms with van der Waals surface area (Å²) in [6.07, 6.45) is 1.52. The van der Waals surface area contributed by atoms with E-state index in [1.54, 1.807) is 6.07 Å². The zero-order chi connectivity index (χ0) is 12.8. The first-order valence-corrected chi connectivity index (χ1v) is 5.42. The summed E-state index contributed by atoms with van der Waals surface area (Å²) in [6, 6.07) is 5.85. The molecule has 0 aliphatic heterocycles. The molecule has 0 aliphatic rings. The van der Waals surface area contributed by atoms with Gasteiger partial charge in [-0.05, 0) is 19.9 Å². The molecule has 0 aliphatic carbocycles. The van der Waals surface area contributed by atoms with Gasteiger partial charge in [-0.15, -0.1) is 0 Å². The number of aromatic nitrogens is 1. The van der Waals surface area contributed by atoms with Crippen LogP contribution in [0.25, 0.3) is 0 Å². The zero-order valence-electron chi connectivity index (χ0n) is 10.0. The van der Waals surface area contributed by atoms with Gasteiger partial charge in [-0.3, -0.25) is 0 Å². The van der Waals surface area contributed by atoms with E-state index in [2.05, 4.69) is 17.1 Å². The SMILES string of the molecule is CCN(CC(C)C#N)c1ncc(N)cc1C#N. The molecule has 88 valence electrons. The van der Waals surface area contributed by atoms with Gasteiger partial charge in [-0.1, -0.05) is 0 Å². The predicted molar refractivity (Wildman–Crippen MR) is 66.0 cm³/mol. The third kappa shape index (κ3) is 3.09. The van der Waals surface area contributed by atoms with Gasteiger partial charge in [0.05, 0.1) is 29.4 Å². The minimum atomic E-state index is -0.110. The van der Waals surface area contributed by atoms with Crippen LogP contribution in [0.2, 0.25) is 0 Å². The fourth-order valence-electron chi connectivity index (χ4n) is 1.54. The summed E-state index contributed by atoms with van der Waals surface area (Å²) < 4.78 is 0. The van der Waals surface area contributed by atoms with Crippen molar-refractivity contribution >= 4 is 11.5 Å². The van der Waals surface area contributed by atoms with Crippen molar-refractivity contribution in [3.8, 4) is 12.1 Å². The second-order valence-corrected chi connectivity index (χ2v) is 3.82. The molecular formula is C12H15N5. The van der Waals surface area contributed by atoms with E-state index in [1.165, 1.54) is 6.20 Å². The average Bonchev–Trinajstić information content (AvgIpc) is 2.35. The second-order valence-electron chi connectivity index (χ2n) is 3.82. The molecule has 1 atom stereocenters. The maximum absolute atomic E-state index is 9.04. The van der Waals surface area contributed by atoms with E-state index in [1.807, 2.05) is 18.7 Å². The van der Waals surface area contributed by atoms with E-state index in [0.717, 1.165) is 0 Å². The Morgan fingerprint density at radius 1 is 1.53 bits per heavy atom. The molecule has 0 amide bonds. The molecule has 1 aromatic rings. The minimum absolute atomic E-state index is 0.110. The molecule has 0 fully saturated rings. The van der Waals surface area contributed by atoms with Crippen LogP contribution >= 0.6 is 0 Å². The Balaban J connectivity index is 3.05. The number of anilines is 2. The number of rotatable bonds is 4. The number of nitrogen functional groups attached to an aromatic ring is 1. The summed E-state index contributed by atoms with van der Waals surface area (Å²) in [6.45, 7) is 5.05. The lowest BCUT2D eigenvalue weighted by Crippen LogP contribution is -2.29. The molecule has 5 nitrogen and oxygen atoms in total. The second kappa shape index (κ2) is 5.72. The number of pyridine rings is 1. The molecule has 0 saturated heterocycles. The fourth-order valence-corrected chi connectivity index (χ4v) is 1.54. The van der Waals surface area contributed by atoms with Crippen molar-refractivity contribution in [3.05, 3.63) is 17.8 Å². The van der Waals surface area contributed by atoms with Crippen molar-refractivity contribution in [2.45, 2.75) is 13.8 Å². The summed E-state index contributed by atoms with van der Waals surface area (Å²) in [5.41, 5.74) is 6.50. The van der Waals surface area contributed by atoms with E-state index >= 15 is 0 Å². The van der Waals surface area contributed by atoms with Gasteiger partial charge < -0.3 is 10.6 Å². The van der Waals surface area contributed by atoms with E-state index in [-0.39, 0.29) is 5.92 Å². The van der Waals surface area contributed by atoms with E-state index < -0.39 is 0 Å². The lowest BCUT2D eigenvalue weighted by molar-refractivity contribution is 0.679. The van der Waals surface area contributed by atoms with Gasteiger partial charge in [0, 0.05) is 13.1 Å². The molecule has 5 heteroatoms. The molecule has 0 saturated carbocycles. The molecule has 1 heterocycles. The molecule has 1 aromatic heterocycles. The molecule has 0 spiro atoms. The van der Waals surface area contributed by atoms with E-state index in [9.17, 15) is 0 Å². The normalized spacial score (nSPS) is 11.3. The molecule has 0 bridgehead atoms. The summed E-state index contributed by atoms with van der Waals surface area (Å²) in [5, 5.41) is 17.9. The largest absolute Gasteiger partial charge is 0.397 e. The first kappa shape index (κ1) is 12.8. The minimum Gasteiger partial charge on any atom is -0.397 e. The highest BCUT2D eigenvalue weighted by molar-refractivity contribution is 5.58. The first-order chi connectivity index (χ1) is 8.12. The molecule has 0 radical (unpaired) electrons. The highest BCUT2D eigenvalue weighted by Crippen LogP contribution is 2.19. The van der Waals surface area contributed by atoms with Gasteiger partial charge in [0.15, 0.2) is 0 Å². The Kier molecular flexibility index (Phi) is 4.30. The van der Waals surface area contributed by atoms with Crippen LogP contribution in [0.1, 0.15) is 19.4 Å². The van der Waals surface area contributed by atoms with Gasteiger partial charge in [0.25, 0.3) is 0 Å². The van der Waals surface area contributed by atoms with Crippen molar-refractivity contribution in [1.29, 1.82) is 10.5 Å². The van der Waals surface area contributed by atoms with Crippen LogP contribution in [-0.4, -0.2) is 18.1 Å². The third-order valence-electron chi connectivity index (χ3n) is 2.40. The number of nitrogens with two attached hydrogens (primary N) is 1. The Labute approximate surface area is 101 Å². The molecule has 1 unspecified atom stereocenters. The Bertz CT molecular complexity index is 469. The van der Waals surface area contributed by atoms with Crippen molar-refractivity contribution in [1.82, 2.24) is 4.98 Å². The third-order valence-corrected chi connectivity index (χ3v) is 2.40. The van der Waals surface area contributed by atoms with Gasteiger partial charge in [-0.2, -0.15) is 10.5 Å².